The second-order valence-electron chi connectivity index (χ2n) is 14.9. The maximum absolute atomic E-state index is 2.42. The highest BCUT2D eigenvalue weighted by Crippen LogP contribution is 2.54. The summed E-state index contributed by atoms with van der Waals surface area (Å²) in [5.74, 6) is 0. The fraction of sp³-hybridized carbons (Fsp3) is 0.167. The number of hydrogen-bond acceptors (Lipinski definition) is 1. The van der Waals surface area contributed by atoms with E-state index in [0.717, 1.165) is 24.2 Å². The van der Waals surface area contributed by atoms with E-state index in [4.69, 9.17) is 0 Å². The van der Waals surface area contributed by atoms with Gasteiger partial charge in [-0.3, -0.25) is 0 Å². The SMILES string of the molecule is CC1(C)C2=C(CCC=C2)c2cccc(-c3ccc(N(c4ccc(-c5ccccc5)cc4)c4ccc5c(c4)C(C)(C)c4ccccc4-5)cc3)c21. The molecule has 0 spiro atoms. The largest absolute Gasteiger partial charge is 0.310 e. The van der Waals surface area contributed by atoms with Gasteiger partial charge in [0.25, 0.3) is 0 Å². The van der Waals surface area contributed by atoms with Crippen molar-refractivity contribution in [1.29, 1.82) is 0 Å². The summed E-state index contributed by atoms with van der Waals surface area (Å²) in [5.41, 5.74) is 19.8. The predicted molar refractivity (Wildman–Crippen MR) is 208 cm³/mol. The first kappa shape index (κ1) is 29.7. The number of benzene rings is 6. The van der Waals surface area contributed by atoms with Crippen LogP contribution in [0.5, 0.6) is 0 Å². The third-order valence-corrected chi connectivity index (χ3v) is 11.4. The minimum Gasteiger partial charge on any atom is -0.310 e. The van der Waals surface area contributed by atoms with Gasteiger partial charge in [0.05, 0.1) is 0 Å². The lowest BCUT2D eigenvalue weighted by Gasteiger charge is -2.29. The molecule has 0 N–H and O–H groups in total. The van der Waals surface area contributed by atoms with Crippen LogP contribution in [0.25, 0.3) is 39.0 Å². The van der Waals surface area contributed by atoms with Crippen molar-refractivity contribution in [2.24, 2.45) is 0 Å². The molecule has 49 heavy (non-hydrogen) atoms. The lowest BCUT2D eigenvalue weighted by atomic mass is 9.77. The van der Waals surface area contributed by atoms with E-state index in [0.29, 0.717) is 0 Å². The van der Waals surface area contributed by atoms with Gasteiger partial charge in [0, 0.05) is 27.9 Å². The summed E-state index contributed by atoms with van der Waals surface area (Å²) in [4.78, 5) is 2.42. The summed E-state index contributed by atoms with van der Waals surface area (Å²) in [7, 11) is 0. The van der Waals surface area contributed by atoms with Crippen molar-refractivity contribution in [3.8, 4) is 33.4 Å². The minimum atomic E-state index is -0.0719. The van der Waals surface area contributed by atoms with Gasteiger partial charge in [-0.1, -0.05) is 143 Å². The lowest BCUT2D eigenvalue weighted by Crippen LogP contribution is -2.18. The molecule has 1 nitrogen and oxygen atoms in total. The molecule has 6 aromatic rings. The monoisotopic (exact) mass is 631 g/mol. The Morgan fingerprint density at radius 1 is 0.469 bits per heavy atom. The molecule has 0 saturated carbocycles. The molecule has 3 aliphatic carbocycles. The van der Waals surface area contributed by atoms with Crippen molar-refractivity contribution < 1.29 is 0 Å². The van der Waals surface area contributed by atoms with E-state index in [1.807, 2.05) is 0 Å². The Hall–Kier alpha value is -5.40. The predicted octanol–water partition coefficient (Wildman–Crippen LogP) is 13.2. The van der Waals surface area contributed by atoms with E-state index in [-0.39, 0.29) is 10.8 Å². The van der Waals surface area contributed by atoms with Crippen molar-refractivity contribution in [3.63, 3.8) is 0 Å². The molecule has 1 heteroatoms. The number of anilines is 3. The Morgan fingerprint density at radius 3 is 1.82 bits per heavy atom. The molecule has 0 aromatic heterocycles. The topological polar surface area (TPSA) is 3.24 Å². The fourth-order valence-electron chi connectivity index (χ4n) is 8.88. The average Bonchev–Trinajstić information content (AvgIpc) is 3.52. The van der Waals surface area contributed by atoms with Crippen molar-refractivity contribution in [2.45, 2.75) is 51.4 Å². The molecule has 9 rings (SSSR count). The number of rotatable bonds is 5. The van der Waals surface area contributed by atoms with Gasteiger partial charge >= 0.3 is 0 Å². The maximum atomic E-state index is 2.42. The van der Waals surface area contributed by atoms with E-state index in [1.54, 1.807) is 0 Å². The van der Waals surface area contributed by atoms with Gasteiger partial charge in [-0.25, -0.2) is 0 Å². The first-order valence-corrected chi connectivity index (χ1v) is 17.7. The zero-order valence-corrected chi connectivity index (χ0v) is 28.8. The van der Waals surface area contributed by atoms with Gasteiger partial charge in [-0.05, 0) is 116 Å². The van der Waals surface area contributed by atoms with Crippen LogP contribution in [0, 0.1) is 0 Å². The second kappa shape index (κ2) is 11.1. The van der Waals surface area contributed by atoms with E-state index < -0.39 is 0 Å². The van der Waals surface area contributed by atoms with Crippen LogP contribution in [0.15, 0.2) is 157 Å². The molecule has 0 unspecified atom stereocenters. The highest BCUT2D eigenvalue weighted by molar-refractivity contribution is 5.90. The number of allylic oxidation sites excluding steroid dienone is 4. The highest BCUT2D eigenvalue weighted by atomic mass is 15.1. The van der Waals surface area contributed by atoms with Crippen LogP contribution in [0.2, 0.25) is 0 Å². The Morgan fingerprint density at radius 2 is 1.06 bits per heavy atom. The molecular formula is C48H41N. The van der Waals surface area contributed by atoms with E-state index in [2.05, 4.69) is 184 Å². The Balaban J connectivity index is 1.15. The molecule has 0 heterocycles. The van der Waals surface area contributed by atoms with Gasteiger partial charge in [0.2, 0.25) is 0 Å². The van der Waals surface area contributed by atoms with Gasteiger partial charge in [-0.15, -0.1) is 0 Å². The van der Waals surface area contributed by atoms with E-state index >= 15 is 0 Å². The molecule has 0 atom stereocenters. The Labute approximate surface area is 290 Å². The van der Waals surface area contributed by atoms with Crippen LogP contribution in [0.4, 0.5) is 17.1 Å². The zero-order chi connectivity index (χ0) is 33.3. The van der Waals surface area contributed by atoms with Crippen LogP contribution < -0.4 is 4.90 Å². The Kier molecular flexibility index (Phi) is 6.71. The molecule has 6 aromatic carbocycles. The summed E-state index contributed by atoms with van der Waals surface area (Å²) in [6, 6.07) is 51.8. The minimum absolute atomic E-state index is 0.0157. The zero-order valence-electron chi connectivity index (χ0n) is 28.8. The molecule has 0 bridgehead atoms. The summed E-state index contributed by atoms with van der Waals surface area (Å²) in [6.07, 6.45) is 6.98. The second-order valence-corrected chi connectivity index (χ2v) is 14.9. The molecule has 3 aliphatic rings. The van der Waals surface area contributed by atoms with Crippen molar-refractivity contribution >= 4 is 22.6 Å². The van der Waals surface area contributed by atoms with Crippen LogP contribution >= 0.6 is 0 Å². The highest BCUT2D eigenvalue weighted by Gasteiger charge is 2.39. The van der Waals surface area contributed by atoms with Gasteiger partial charge in [0.15, 0.2) is 0 Å². The van der Waals surface area contributed by atoms with E-state index in [1.165, 1.54) is 72.5 Å². The smallest absolute Gasteiger partial charge is 0.0465 e. The van der Waals surface area contributed by atoms with Crippen LogP contribution in [0.1, 0.15) is 62.8 Å². The standard InChI is InChI=1S/C48H41N/c1-47(2)43-19-10-8-15-39(43)41-30-29-37(31-45(41)47)49(35-25-21-33(22-26-35)32-13-6-5-7-14-32)36-27-23-34(24-28-36)38-17-12-18-42-40-16-9-11-20-44(40)48(3,4)46(38)42/h5-8,10-15,17-31H,9,16H2,1-4H3. The van der Waals surface area contributed by atoms with Crippen molar-refractivity contribution in [1.82, 2.24) is 0 Å². The Bertz CT molecular complexity index is 2300. The molecule has 0 amide bonds. The molecule has 0 radical (unpaired) electrons. The third-order valence-electron chi connectivity index (χ3n) is 11.4. The third kappa shape index (κ3) is 4.60. The summed E-state index contributed by atoms with van der Waals surface area (Å²) in [6.45, 7) is 9.52. The van der Waals surface area contributed by atoms with E-state index in [9.17, 15) is 0 Å². The normalized spacial score (nSPS) is 16.2. The molecular weight excluding hydrogens is 591 g/mol. The molecule has 238 valence electrons. The first-order chi connectivity index (χ1) is 23.8. The van der Waals surface area contributed by atoms with Crippen molar-refractivity contribution in [3.05, 3.63) is 180 Å². The number of nitrogens with zero attached hydrogens (tertiary/aromatic N) is 1. The van der Waals surface area contributed by atoms with Crippen LogP contribution in [-0.4, -0.2) is 0 Å². The first-order valence-electron chi connectivity index (χ1n) is 17.7. The van der Waals surface area contributed by atoms with Gasteiger partial charge < -0.3 is 4.90 Å². The average molecular weight is 632 g/mol. The van der Waals surface area contributed by atoms with Crippen molar-refractivity contribution in [2.75, 3.05) is 4.90 Å². The van der Waals surface area contributed by atoms with Crippen LogP contribution in [-0.2, 0) is 10.8 Å². The van der Waals surface area contributed by atoms with Crippen LogP contribution in [0.3, 0.4) is 0 Å². The van der Waals surface area contributed by atoms with Gasteiger partial charge in [-0.2, -0.15) is 0 Å². The quantitative estimate of drug-likeness (QED) is 0.183. The molecule has 0 saturated heterocycles. The maximum Gasteiger partial charge on any atom is 0.0465 e. The molecule has 0 fully saturated rings. The number of hydrogen-bond donors (Lipinski definition) is 0. The van der Waals surface area contributed by atoms with Gasteiger partial charge in [0.1, 0.15) is 0 Å². The lowest BCUT2D eigenvalue weighted by molar-refractivity contribution is 0.653. The summed E-state index contributed by atoms with van der Waals surface area (Å²) < 4.78 is 0. The summed E-state index contributed by atoms with van der Waals surface area (Å²) in [5, 5.41) is 0. The fourth-order valence-corrected chi connectivity index (χ4v) is 8.88. The number of fused-ring (bicyclic) bond motifs is 5. The summed E-state index contributed by atoms with van der Waals surface area (Å²) >= 11 is 0. The molecule has 0 aliphatic heterocycles.